The molecule has 2 rings (SSSR count). The van der Waals surface area contributed by atoms with E-state index >= 15 is 0 Å². The number of anilines is 1. The second-order valence-corrected chi connectivity index (χ2v) is 8.16. The van der Waals surface area contributed by atoms with E-state index in [2.05, 4.69) is 0 Å². The Kier molecular flexibility index (Phi) is 4.70. The van der Waals surface area contributed by atoms with Crippen LogP contribution in [0.15, 0.2) is 34.5 Å². The third-order valence-electron chi connectivity index (χ3n) is 3.58. The Labute approximate surface area is 130 Å². The van der Waals surface area contributed by atoms with E-state index in [1.165, 1.54) is 9.18 Å². The minimum Gasteiger partial charge on any atom is -0.399 e. The zero-order valence-corrected chi connectivity index (χ0v) is 14.1. The van der Waals surface area contributed by atoms with Crippen LogP contribution < -0.4 is 5.73 Å². The van der Waals surface area contributed by atoms with Gasteiger partial charge in [-0.05, 0) is 55.0 Å². The quantitative estimate of drug-likeness (QED) is 0.860. The molecule has 0 atom stereocenters. The number of benzene rings is 1. The van der Waals surface area contributed by atoms with Gasteiger partial charge in [0, 0.05) is 24.2 Å². The number of aryl methyl sites for hydroxylation is 1. The van der Waals surface area contributed by atoms with Gasteiger partial charge in [-0.25, -0.2) is 12.7 Å². The van der Waals surface area contributed by atoms with E-state index < -0.39 is 10.0 Å². The lowest BCUT2D eigenvalue weighted by Gasteiger charge is -2.19. The van der Waals surface area contributed by atoms with Crippen LogP contribution in [0, 0.1) is 13.8 Å². The van der Waals surface area contributed by atoms with Crippen LogP contribution in [-0.4, -0.2) is 26.3 Å². The SMILES string of the molecule is Cc1cc(N)cc(S(=O)(=O)N(C)CCc2cccs2)c1C. The topological polar surface area (TPSA) is 63.4 Å². The maximum Gasteiger partial charge on any atom is 0.243 e. The molecular weight excluding hydrogens is 304 g/mol. The van der Waals surface area contributed by atoms with Gasteiger partial charge >= 0.3 is 0 Å². The summed E-state index contributed by atoms with van der Waals surface area (Å²) in [6.45, 7) is 4.14. The van der Waals surface area contributed by atoms with Gasteiger partial charge in [0.05, 0.1) is 4.90 Å². The summed E-state index contributed by atoms with van der Waals surface area (Å²) in [6, 6.07) is 7.32. The first kappa shape index (κ1) is 16.0. The molecule has 0 aliphatic rings. The summed E-state index contributed by atoms with van der Waals surface area (Å²) in [5, 5.41) is 2.00. The third-order valence-corrected chi connectivity index (χ3v) is 6.50. The monoisotopic (exact) mass is 324 g/mol. The highest BCUT2D eigenvalue weighted by atomic mass is 32.2. The molecule has 0 spiro atoms. The molecule has 0 aliphatic carbocycles. The standard InChI is InChI=1S/C15H20N2O2S2/c1-11-9-13(16)10-15(12(11)2)21(18,19)17(3)7-6-14-5-4-8-20-14/h4-5,8-10H,6-7,16H2,1-3H3. The van der Waals surface area contributed by atoms with Crippen LogP contribution in [0.2, 0.25) is 0 Å². The number of sulfonamides is 1. The normalized spacial score (nSPS) is 12.0. The van der Waals surface area contributed by atoms with E-state index in [0.29, 0.717) is 23.5 Å². The molecule has 21 heavy (non-hydrogen) atoms. The van der Waals surface area contributed by atoms with Crippen molar-refractivity contribution >= 4 is 27.0 Å². The van der Waals surface area contributed by atoms with Crippen LogP contribution in [0.25, 0.3) is 0 Å². The van der Waals surface area contributed by atoms with Crippen molar-refractivity contribution < 1.29 is 8.42 Å². The molecule has 2 aromatic rings. The molecule has 1 heterocycles. The number of nitrogens with two attached hydrogens (primary N) is 1. The number of hydrogen-bond donors (Lipinski definition) is 1. The van der Waals surface area contributed by atoms with Gasteiger partial charge in [0.2, 0.25) is 10.0 Å². The molecule has 0 saturated carbocycles. The van der Waals surface area contributed by atoms with Crippen molar-refractivity contribution in [3.05, 3.63) is 45.6 Å². The molecule has 114 valence electrons. The van der Waals surface area contributed by atoms with Crippen LogP contribution in [0.4, 0.5) is 5.69 Å². The second-order valence-electron chi connectivity index (χ2n) is 5.12. The van der Waals surface area contributed by atoms with Gasteiger partial charge in [-0.3, -0.25) is 0 Å². The fourth-order valence-electron chi connectivity index (χ4n) is 2.13. The third kappa shape index (κ3) is 3.45. The fraction of sp³-hybridized carbons (Fsp3) is 0.333. The molecule has 0 aliphatic heterocycles. The molecule has 1 aromatic carbocycles. The van der Waals surface area contributed by atoms with E-state index in [0.717, 1.165) is 11.1 Å². The van der Waals surface area contributed by atoms with E-state index in [4.69, 9.17) is 5.73 Å². The van der Waals surface area contributed by atoms with Crippen LogP contribution in [0.5, 0.6) is 0 Å². The molecule has 0 saturated heterocycles. The van der Waals surface area contributed by atoms with Crippen molar-refractivity contribution in [1.82, 2.24) is 4.31 Å². The maximum atomic E-state index is 12.7. The first-order valence-electron chi connectivity index (χ1n) is 6.68. The smallest absolute Gasteiger partial charge is 0.243 e. The molecule has 6 heteroatoms. The van der Waals surface area contributed by atoms with Gasteiger partial charge in [0.1, 0.15) is 0 Å². The van der Waals surface area contributed by atoms with Gasteiger partial charge in [0.25, 0.3) is 0 Å². The van der Waals surface area contributed by atoms with E-state index in [1.54, 1.807) is 30.5 Å². The molecule has 0 amide bonds. The molecule has 0 radical (unpaired) electrons. The lowest BCUT2D eigenvalue weighted by atomic mass is 10.1. The Balaban J connectivity index is 2.25. The summed E-state index contributed by atoms with van der Waals surface area (Å²) in [6.07, 6.45) is 0.716. The van der Waals surface area contributed by atoms with Crippen LogP contribution >= 0.6 is 11.3 Å². The van der Waals surface area contributed by atoms with Crippen molar-refractivity contribution in [3.63, 3.8) is 0 Å². The number of nitrogens with zero attached hydrogens (tertiary/aromatic N) is 1. The average Bonchev–Trinajstić information content (AvgIpc) is 2.93. The van der Waals surface area contributed by atoms with Crippen LogP contribution in [0.3, 0.4) is 0 Å². The minimum absolute atomic E-state index is 0.300. The molecule has 4 nitrogen and oxygen atoms in total. The Morgan fingerprint density at radius 2 is 2.00 bits per heavy atom. The summed E-state index contributed by atoms with van der Waals surface area (Å²) in [7, 11) is -1.90. The Hall–Kier alpha value is -1.37. The van der Waals surface area contributed by atoms with E-state index in [9.17, 15) is 8.42 Å². The molecule has 2 N–H and O–H groups in total. The second kappa shape index (κ2) is 6.17. The Bertz CT molecular complexity index is 722. The van der Waals surface area contributed by atoms with E-state index in [-0.39, 0.29) is 0 Å². The largest absolute Gasteiger partial charge is 0.399 e. The number of hydrogen-bond acceptors (Lipinski definition) is 4. The first-order chi connectivity index (χ1) is 9.82. The summed E-state index contributed by atoms with van der Waals surface area (Å²) < 4.78 is 26.8. The molecule has 0 unspecified atom stereocenters. The van der Waals surface area contributed by atoms with Crippen molar-refractivity contribution in [3.8, 4) is 0 Å². The lowest BCUT2D eigenvalue weighted by molar-refractivity contribution is 0.473. The fourth-order valence-corrected chi connectivity index (χ4v) is 4.33. The number of rotatable bonds is 5. The molecule has 0 fully saturated rings. The number of thiophene rings is 1. The summed E-state index contributed by atoms with van der Waals surface area (Å²) in [5.41, 5.74) is 7.92. The van der Waals surface area contributed by atoms with Gasteiger partial charge in [-0.15, -0.1) is 11.3 Å². The predicted octanol–water partition coefficient (Wildman–Crippen LogP) is 2.81. The highest BCUT2D eigenvalue weighted by molar-refractivity contribution is 7.89. The highest BCUT2D eigenvalue weighted by Gasteiger charge is 2.23. The highest BCUT2D eigenvalue weighted by Crippen LogP contribution is 2.25. The van der Waals surface area contributed by atoms with Gasteiger partial charge in [0.15, 0.2) is 0 Å². The lowest BCUT2D eigenvalue weighted by Crippen LogP contribution is -2.29. The summed E-state index contributed by atoms with van der Waals surface area (Å²) in [4.78, 5) is 1.48. The Morgan fingerprint density at radius 3 is 2.62 bits per heavy atom. The van der Waals surface area contributed by atoms with Crippen LogP contribution in [0.1, 0.15) is 16.0 Å². The Morgan fingerprint density at radius 1 is 1.29 bits per heavy atom. The molecular formula is C15H20N2O2S2. The van der Waals surface area contributed by atoms with Gasteiger partial charge < -0.3 is 5.73 Å². The number of nitrogen functional groups attached to an aromatic ring is 1. The van der Waals surface area contributed by atoms with E-state index in [1.807, 2.05) is 31.4 Å². The van der Waals surface area contributed by atoms with Gasteiger partial charge in [-0.1, -0.05) is 6.07 Å². The summed E-state index contributed by atoms with van der Waals surface area (Å²) >= 11 is 1.64. The van der Waals surface area contributed by atoms with Gasteiger partial charge in [-0.2, -0.15) is 0 Å². The average molecular weight is 324 g/mol. The predicted molar refractivity (Wildman–Crippen MR) is 88.2 cm³/mol. The maximum absolute atomic E-state index is 12.7. The molecule has 1 aromatic heterocycles. The number of likely N-dealkylation sites (N-methyl/N-ethyl adjacent to an activating group) is 1. The van der Waals surface area contributed by atoms with Crippen molar-refractivity contribution in [2.45, 2.75) is 25.2 Å². The van der Waals surface area contributed by atoms with Crippen molar-refractivity contribution in [2.24, 2.45) is 0 Å². The minimum atomic E-state index is -3.51. The first-order valence-corrected chi connectivity index (χ1v) is 9.00. The van der Waals surface area contributed by atoms with Crippen molar-refractivity contribution in [2.75, 3.05) is 19.3 Å². The zero-order chi connectivity index (χ0) is 15.6. The van der Waals surface area contributed by atoms with Crippen LogP contribution in [-0.2, 0) is 16.4 Å². The summed E-state index contributed by atoms with van der Waals surface area (Å²) in [5.74, 6) is 0. The molecule has 0 bridgehead atoms. The van der Waals surface area contributed by atoms with Crippen molar-refractivity contribution in [1.29, 1.82) is 0 Å². The zero-order valence-electron chi connectivity index (χ0n) is 12.5.